The molecular weight excluding hydrogens is 338 g/mol. The second kappa shape index (κ2) is 8.28. The highest BCUT2D eigenvalue weighted by atomic mass is 35.5. The van der Waals surface area contributed by atoms with Gasteiger partial charge in [-0.25, -0.2) is 4.99 Å². The van der Waals surface area contributed by atoms with Gasteiger partial charge in [-0.3, -0.25) is 9.59 Å². The van der Waals surface area contributed by atoms with Crippen molar-refractivity contribution in [1.82, 2.24) is 0 Å². The van der Waals surface area contributed by atoms with E-state index in [9.17, 15) is 9.59 Å². The largest absolute Gasteiger partial charge is 0.387 e. The zero-order chi connectivity index (χ0) is 18.1. The first-order chi connectivity index (χ1) is 11.3. The van der Waals surface area contributed by atoms with E-state index in [1.54, 1.807) is 6.92 Å². The van der Waals surface area contributed by atoms with Crippen molar-refractivity contribution < 1.29 is 9.59 Å². The molecule has 0 aromatic carbocycles. The van der Waals surface area contributed by atoms with Gasteiger partial charge in [0.25, 0.3) is 0 Å². The maximum atomic E-state index is 13.0. The normalized spacial score (nSPS) is 26.3. The molecule has 140 valence electrons. The van der Waals surface area contributed by atoms with Crippen molar-refractivity contribution in [2.24, 2.45) is 33.7 Å². The molecule has 2 unspecified atom stereocenters. The van der Waals surface area contributed by atoms with Crippen molar-refractivity contribution in [3.63, 3.8) is 0 Å². The van der Waals surface area contributed by atoms with Gasteiger partial charge in [0.15, 0.2) is 11.6 Å². The number of hydrogen-bond acceptors (Lipinski definition) is 5. The van der Waals surface area contributed by atoms with Gasteiger partial charge >= 0.3 is 0 Å². The van der Waals surface area contributed by atoms with Gasteiger partial charge in [-0.15, -0.1) is 12.4 Å². The van der Waals surface area contributed by atoms with Gasteiger partial charge < -0.3 is 11.5 Å². The molecule has 0 saturated heterocycles. The molecule has 0 saturated carbocycles. The summed E-state index contributed by atoms with van der Waals surface area (Å²) in [6, 6.07) is -0.617. The number of nitrogens with two attached hydrogens (primary N) is 2. The summed E-state index contributed by atoms with van der Waals surface area (Å²) in [4.78, 5) is 30.4. The van der Waals surface area contributed by atoms with Crippen molar-refractivity contribution in [1.29, 1.82) is 0 Å². The predicted octanol–water partition coefficient (Wildman–Crippen LogP) is 2.93. The fraction of sp³-hybridized carbons (Fsp3) is 0.632. The molecule has 25 heavy (non-hydrogen) atoms. The molecular formula is C19H30ClN3O2. The molecule has 0 bridgehead atoms. The van der Waals surface area contributed by atoms with Gasteiger partial charge in [0.1, 0.15) is 5.84 Å². The minimum Gasteiger partial charge on any atom is -0.387 e. The highest BCUT2D eigenvalue weighted by Crippen LogP contribution is 2.43. The Hall–Kier alpha value is -1.46. The Balaban J connectivity index is 0.00000312. The van der Waals surface area contributed by atoms with Crippen LogP contribution in [0.1, 0.15) is 53.4 Å². The van der Waals surface area contributed by atoms with Gasteiger partial charge in [-0.1, -0.05) is 26.8 Å². The molecule has 0 aromatic rings. The molecule has 5 nitrogen and oxygen atoms in total. The summed E-state index contributed by atoms with van der Waals surface area (Å²) >= 11 is 0. The van der Waals surface area contributed by atoms with Gasteiger partial charge in [-0.2, -0.15) is 0 Å². The topological polar surface area (TPSA) is 98.5 Å². The lowest BCUT2D eigenvalue weighted by Crippen LogP contribution is -2.42. The minimum atomic E-state index is -0.617. The maximum Gasteiger partial charge on any atom is 0.168 e. The van der Waals surface area contributed by atoms with Gasteiger partial charge in [-0.05, 0) is 38.7 Å². The molecule has 2 rings (SSSR count). The molecule has 2 aliphatic rings. The predicted molar refractivity (Wildman–Crippen MR) is 104 cm³/mol. The summed E-state index contributed by atoms with van der Waals surface area (Å²) in [7, 11) is 0. The number of carbonyl (C=O) groups excluding carboxylic acids is 2. The highest BCUT2D eigenvalue weighted by Gasteiger charge is 2.44. The first-order valence-electron chi connectivity index (χ1n) is 8.91. The molecule has 3 atom stereocenters. The van der Waals surface area contributed by atoms with Crippen LogP contribution in [-0.4, -0.2) is 23.4 Å². The van der Waals surface area contributed by atoms with Crippen LogP contribution in [0, 0.1) is 17.3 Å². The summed E-state index contributed by atoms with van der Waals surface area (Å²) in [6.07, 6.45) is 6.48. The third kappa shape index (κ3) is 3.72. The van der Waals surface area contributed by atoms with Crippen LogP contribution in [0.5, 0.6) is 0 Å². The van der Waals surface area contributed by atoms with E-state index in [2.05, 4.69) is 18.8 Å². The number of rotatable bonds is 5. The second-order valence-electron chi connectivity index (χ2n) is 6.97. The lowest BCUT2D eigenvalue weighted by molar-refractivity contribution is -0.126. The fourth-order valence-electron chi connectivity index (χ4n) is 3.79. The van der Waals surface area contributed by atoms with Crippen LogP contribution in [-0.2, 0) is 9.59 Å². The van der Waals surface area contributed by atoms with Crippen molar-refractivity contribution in [2.45, 2.75) is 59.4 Å². The van der Waals surface area contributed by atoms with Crippen LogP contribution in [0.25, 0.3) is 0 Å². The van der Waals surface area contributed by atoms with Crippen molar-refractivity contribution in [3.05, 3.63) is 23.4 Å². The van der Waals surface area contributed by atoms with E-state index in [4.69, 9.17) is 11.5 Å². The molecule has 0 amide bonds. The van der Waals surface area contributed by atoms with Crippen LogP contribution in [0.4, 0.5) is 0 Å². The van der Waals surface area contributed by atoms with Gasteiger partial charge in [0.05, 0.1) is 17.7 Å². The van der Waals surface area contributed by atoms with E-state index < -0.39 is 12.0 Å². The molecule has 1 heterocycles. The fourth-order valence-corrected chi connectivity index (χ4v) is 3.79. The SMILES string of the molecule is CCC1C=CC2=C(C1=O)C(C(=O)[C@H](C)N)CC(CC)(CC)C(N)=N2.Cl. The average Bonchev–Trinajstić information content (AvgIpc) is 2.69. The van der Waals surface area contributed by atoms with Crippen molar-refractivity contribution in [3.8, 4) is 0 Å². The van der Waals surface area contributed by atoms with E-state index in [0.717, 1.165) is 12.8 Å². The zero-order valence-corrected chi connectivity index (χ0v) is 16.4. The van der Waals surface area contributed by atoms with Crippen LogP contribution in [0.2, 0.25) is 0 Å². The third-order valence-corrected chi connectivity index (χ3v) is 5.68. The molecule has 1 aliphatic heterocycles. The van der Waals surface area contributed by atoms with Crippen LogP contribution < -0.4 is 11.5 Å². The zero-order valence-electron chi connectivity index (χ0n) is 15.5. The van der Waals surface area contributed by atoms with E-state index in [1.165, 1.54) is 0 Å². The molecule has 1 aliphatic carbocycles. The van der Waals surface area contributed by atoms with E-state index >= 15 is 0 Å². The standard InChI is InChI=1S/C19H29N3O2.ClH/c1-5-12-8-9-14-15(17(12)24)13(16(23)11(4)20)10-19(6-2,7-3)18(21)22-14;/h8-9,11-13H,5-7,10,20H2,1-4H3,(H2,21,22);1H/t11-,12?,13?;/m0./s1. The van der Waals surface area contributed by atoms with Crippen LogP contribution >= 0.6 is 12.4 Å². The van der Waals surface area contributed by atoms with E-state index in [-0.39, 0.29) is 35.3 Å². The summed E-state index contributed by atoms with van der Waals surface area (Å²) in [5, 5.41) is 0. The van der Waals surface area contributed by atoms with E-state index in [0.29, 0.717) is 29.9 Å². The number of ketones is 2. The lowest BCUT2D eigenvalue weighted by Gasteiger charge is -2.34. The highest BCUT2D eigenvalue weighted by molar-refractivity contribution is 6.08. The molecule has 6 heteroatoms. The number of allylic oxidation sites excluding steroid dienone is 3. The summed E-state index contributed by atoms with van der Waals surface area (Å²) in [6.45, 7) is 7.75. The van der Waals surface area contributed by atoms with Crippen molar-refractivity contribution in [2.75, 3.05) is 0 Å². The van der Waals surface area contributed by atoms with E-state index in [1.807, 2.05) is 19.1 Å². The molecule has 4 N–H and O–H groups in total. The quantitative estimate of drug-likeness (QED) is 0.780. The molecule has 0 radical (unpaired) electrons. The number of hydrogen-bond donors (Lipinski definition) is 2. The molecule has 0 fully saturated rings. The Morgan fingerprint density at radius 2 is 1.96 bits per heavy atom. The first-order valence-corrected chi connectivity index (χ1v) is 8.91. The third-order valence-electron chi connectivity index (χ3n) is 5.68. The van der Waals surface area contributed by atoms with Gasteiger partial charge in [0, 0.05) is 16.9 Å². The van der Waals surface area contributed by atoms with Crippen LogP contribution in [0.3, 0.4) is 0 Å². The lowest BCUT2D eigenvalue weighted by atomic mass is 9.69. The molecule has 0 spiro atoms. The number of amidine groups is 1. The Labute approximate surface area is 156 Å². The summed E-state index contributed by atoms with van der Waals surface area (Å²) < 4.78 is 0. The van der Waals surface area contributed by atoms with Crippen LogP contribution in [0.15, 0.2) is 28.4 Å². The number of aliphatic imine (C=N–C) groups is 1. The average molecular weight is 368 g/mol. The minimum absolute atomic E-state index is 0. The van der Waals surface area contributed by atoms with Gasteiger partial charge in [0.2, 0.25) is 0 Å². The second-order valence-corrected chi connectivity index (χ2v) is 6.97. The number of Topliss-reactive ketones (excluding diaryl/α,β-unsaturated/α-hetero) is 2. The Kier molecular flexibility index (Phi) is 7.15. The number of halogens is 1. The number of nitrogens with zero attached hydrogens (tertiary/aromatic N) is 1. The first kappa shape index (κ1) is 21.6. The summed E-state index contributed by atoms with van der Waals surface area (Å²) in [5.41, 5.74) is 12.9. The Morgan fingerprint density at radius 3 is 2.44 bits per heavy atom. The Morgan fingerprint density at radius 1 is 1.36 bits per heavy atom. The number of carbonyl (C=O) groups is 2. The monoisotopic (exact) mass is 367 g/mol. The Bertz CT molecular complexity index is 631. The maximum absolute atomic E-state index is 13.0. The summed E-state index contributed by atoms with van der Waals surface area (Å²) in [5.74, 6) is -0.311. The smallest absolute Gasteiger partial charge is 0.168 e. The molecule has 0 aromatic heterocycles. The van der Waals surface area contributed by atoms with Crippen molar-refractivity contribution >= 4 is 29.8 Å².